The number of aliphatic hydroxyl groups is 1. The lowest BCUT2D eigenvalue weighted by molar-refractivity contribution is -0.134. The van der Waals surface area contributed by atoms with Crippen LogP contribution in [0.5, 0.6) is 11.5 Å². The molecule has 5 rings (SSSR count). The first-order chi connectivity index (χ1) is 21.8. The number of carbonyl (C=O) groups is 2. The summed E-state index contributed by atoms with van der Waals surface area (Å²) in [5.74, 6) is 4.76. The van der Waals surface area contributed by atoms with E-state index >= 15 is 0 Å². The third-order valence-electron chi connectivity index (χ3n) is 12.4. The summed E-state index contributed by atoms with van der Waals surface area (Å²) in [5.41, 5.74) is 3.25. The van der Waals surface area contributed by atoms with Crippen molar-refractivity contribution in [2.75, 3.05) is 7.11 Å². The summed E-state index contributed by atoms with van der Waals surface area (Å²) < 4.78 is 10.1. The van der Waals surface area contributed by atoms with E-state index < -0.39 is 5.97 Å². The fourth-order valence-corrected chi connectivity index (χ4v) is 9.90. The number of fused-ring (bicyclic) bond motifs is 5. The number of hydrogen-bond acceptors (Lipinski definition) is 5. The van der Waals surface area contributed by atoms with E-state index in [1.807, 2.05) is 0 Å². The number of carboxylic acids is 1. The first-order valence-corrected chi connectivity index (χ1v) is 18.0. The predicted octanol–water partition coefficient (Wildman–Crippen LogP) is 9.50. The monoisotopic (exact) mass is 636 g/mol. The Hall–Kier alpha value is -2.60. The van der Waals surface area contributed by atoms with Gasteiger partial charge in [-0.25, -0.2) is 4.79 Å². The molecule has 4 aliphatic carbocycles. The van der Waals surface area contributed by atoms with Gasteiger partial charge >= 0.3 is 11.9 Å². The third kappa shape index (κ3) is 8.09. The fourth-order valence-electron chi connectivity index (χ4n) is 9.90. The zero-order chi connectivity index (χ0) is 33.6. The Morgan fingerprint density at radius 2 is 1.78 bits per heavy atom. The molecule has 1 aromatic rings. The molecule has 0 saturated heterocycles. The first kappa shape index (κ1) is 36.2. The fraction of sp³-hybridized carbons (Fsp3) is 0.700. The number of carboxylic acid groups (broad SMARTS) is 1. The van der Waals surface area contributed by atoms with Crippen molar-refractivity contribution in [2.24, 2.45) is 46.3 Å². The average molecular weight is 637 g/mol. The second-order valence-electron chi connectivity index (χ2n) is 15.6. The summed E-state index contributed by atoms with van der Waals surface area (Å²) in [7, 11) is 1.45. The van der Waals surface area contributed by atoms with Gasteiger partial charge in [0.15, 0.2) is 11.5 Å². The smallest absolute Gasteiger partial charge is 0.328 e. The molecule has 46 heavy (non-hydrogen) atoms. The van der Waals surface area contributed by atoms with E-state index in [0.29, 0.717) is 27.9 Å². The third-order valence-corrected chi connectivity index (χ3v) is 12.4. The first-order valence-electron chi connectivity index (χ1n) is 18.0. The quantitative estimate of drug-likeness (QED) is 0.115. The molecule has 0 bridgehead atoms. The van der Waals surface area contributed by atoms with Gasteiger partial charge in [-0.05, 0) is 121 Å². The van der Waals surface area contributed by atoms with Gasteiger partial charge in [0.1, 0.15) is 0 Å². The van der Waals surface area contributed by atoms with Crippen LogP contribution in [0.25, 0.3) is 6.08 Å². The molecule has 2 N–H and O–H groups in total. The van der Waals surface area contributed by atoms with Crippen LogP contribution >= 0.6 is 0 Å². The molecule has 0 unspecified atom stereocenters. The maximum Gasteiger partial charge on any atom is 0.328 e. The lowest BCUT2D eigenvalue weighted by Crippen LogP contribution is -2.50. The Kier molecular flexibility index (Phi) is 12.2. The van der Waals surface area contributed by atoms with Crippen LogP contribution in [0, 0.1) is 46.3 Å². The minimum absolute atomic E-state index is 0.0766. The van der Waals surface area contributed by atoms with Gasteiger partial charge in [-0.2, -0.15) is 0 Å². The van der Waals surface area contributed by atoms with Crippen molar-refractivity contribution in [3.63, 3.8) is 0 Å². The van der Waals surface area contributed by atoms with E-state index in [0.717, 1.165) is 54.4 Å². The molecule has 256 valence electrons. The number of allylic oxidation sites excluding steroid dienone is 1. The van der Waals surface area contributed by atoms with Gasteiger partial charge in [-0.1, -0.05) is 78.5 Å². The van der Waals surface area contributed by atoms with Crippen molar-refractivity contribution >= 4 is 18.0 Å². The molecule has 4 aliphatic rings. The molecule has 0 amide bonds. The highest BCUT2D eigenvalue weighted by atomic mass is 16.6. The van der Waals surface area contributed by atoms with Crippen LogP contribution in [0.1, 0.15) is 124 Å². The van der Waals surface area contributed by atoms with E-state index in [9.17, 15) is 14.7 Å². The Balaban J connectivity index is 0.000000232. The van der Waals surface area contributed by atoms with Crippen molar-refractivity contribution in [1.82, 2.24) is 0 Å². The molecule has 1 aromatic carbocycles. The van der Waals surface area contributed by atoms with Crippen LogP contribution in [-0.2, 0) is 9.59 Å². The van der Waals surface area contributed by atoms with Crippen LogP contribution in [0.15, 0.2) is 35.9 Å². The Labute approximate surface area is 278 Å². The Morgan fingerprint density at radius 1 is 1.02 bits per heavy atom. The van der Waals surface area contributed by atoms with Crippen molar-refractivity contribution in [3.05, 3.63) is 41.5 Å². The van der Waals surface area contributed by atoms with E-state index in [-0.39, 0.29) is 18.5 Å². The second kappa shape index (κ2) is 15.5. The van der Waals surface area contributed by atoms with Gasteiger partial charge in [0.2, 0.25) is 0 Å². The van der Waals surface area contributed by atoms with Crippen LogP contribution in [0.4, 0.5) is 0 Å². The number of esters is 1. The molecule has 6 nitrogen and oxygen atoms in total. The summed E-state index contributed by atoms with van der Waals surface area (Å²) in [4.78, 5) is 21.6. The van der Waals surface area contributed by atoms with Gasteiger partial charge in [-0.15, -0.1) is 0 Å². The van der Waals surface area contributed by atoms with E-state index in [1.54, 1.807) is 30.7 Å². The Bertz CT molecular complexity index is 1260. The molecular weight excluding hydrogens is 576 g/mol. The highest BCUT2D eigenvalue weighted by molar-refractivity contribution is 5.85. The molecule has 3 saturated carbocycles. The second-order valence-corrected chi connectivity index (χ2v) is 15.6. The summed E-state index contributed by atoms with van der Waals surface area (Å²) in [6.07, 6.45) is 19.9. The maximum atomic E-state index is 11.2. The average Bonchev–Trinajstić information content (AvgIpc) is 3.38. The summed E-state index contributed by atoms with van der Waals surface area (Å²) in [5, 5.41) is 18.7. The van der Waals surface area contributed by atoms with Crippen LogP contribution < -0.4 is 9.47 Å². The zero-order valence-corrected chi connectivity index (χ0v) is 29.5. The van der Waals surface area contributed by atoms with Crippen LogP contribution in [0.3, 0.4) is 0 Å². The topological polar surface area (TPSA) is 93.1 Å². The molecule has 3 fully saturated rings. The van der Waals surface area contributed by atoms with Crippen LogP contribution in [0.2, 0.25) is 0 Å². The van der Waals surface area contributed by atoms with E-state index in [1.165, 1.54) is 71.0 Å². The maximum absolute atomic E-state index is 11.2. The number of benzene rings is 1. The highest BCUT2D eigenvalue weighted by Gasteiger charge is 2.59. The van der Waals surface area contributed by atoms with Gasteiger partial charge in [0, 0.05) is 12.5 Å². The summed E-state index contributed by atoms with van der Waals surface area (Å²) >= 11 is 0. The number of rotatable bonds is 10. The standard InChI is InChI=1S/C27H46O.C13H14O5/c1-18(2)7-6-8-19(3)23-11-12-24-22-10-9-20-17-21(28)13-15-26(20,4)25(22)14-16-27(23,24)5;1-3-13(16)18-10-6-4-9(5-7-12(14)15)8-11(10)17-2/h9,18-19,21-25,28H,6-8,10-17H2,1-5H3;4-8H,3H2,1-2H3,(H,14,15)/t19-,21+,22+,23-,24+,25+,26+,27-;/m1./s1. The van der Waals surface area contributed by atoms with Gasteiger partial charge in [0.25, 0.3) is 0 Å². The summed E-state index contributed by atoms with van der Waals surface area (Å²) in [6.45, 7) is 14.3. The van der Waals surface area contributed by atoms with Gasteiger partial charge in [-0.3, -0.25) is 4.79 Å². The molecule has 0 aliphatic heterocycles. The lowest BCUT2D eigenvalue weighted by Gasteiger charge is -2.58. The van der Waals surface area contributed by atoms with E-state index in [2.05, 4.69) is 40.7 Å². The largest absolute Gasteiger partial charge is 0.493 e. The minimum Gasteiger partial charge on any atom is -0.493 e. The molecule has 0 aromatic heterocycles. The Morgan fingerprint density at radius 3 is 2.46 bits per heavy atom. The number of aliphatic carboxylic acids is 1. The molecule has 0 spiro atoms. The number of carbonyl (C=O) groups excluding carboxylic acids is 1. The zero-order valence-electron chi connectivity index (χ0n) is 29.5. The molecule has 0 heterocycles. The van der Waals surface area contributed by atoms with Crippen LogP contribution in [-0.4, -0.2) is 35.4 Å². The van der Waals surface area contributed by atoms with Gasteiger partial charge < -0.3 is 19.7 Å². The molecule has 0 radical (unpaired) electrons. The predicted molar refractivity (Wildman–Crippen MR) is 185 cm³/mol. The van der Waals surface area contributed by atoms with E-state index in [4.69, 9.17) is 14.6 Å². The number of hydrogen-bond donors (Lipinski definition) is 2. The van der Waals surface area contributed by atoms with Gasteiger partial charge in [0.05, 0.1) is 13.2 Å². The SMILES string of the molecule is CC(C)CCC[C@@H](C)[C@H]1CC[C@H]2[C@@H]3CC=C4C[C@@H](O)CC[C@]4(C)[C@H]3CC[C@]12C.CCC(=O)Oc1ccc(C=CC(=O)O)cc1OC. The van der Waals surface area contributed by atoms with Crippen molar-refractivity contribution in [3.8, 4) is 11.5 Å². The van der Waals surface area contributed by atoms with Crippen molar-refractivity contribution < 1.29 is 29.3 Å². The minimum atomic E-state index is -1.03. The highest BCUT2D eigenvalue weighted by Crippen LogP contribution is 2.67. The number of methoxy groups -OCH3 is 1. The number of aliphatic hydroxyl groups excluding tert-OH is 1. The molecular formula is C40H60O6. The lowest BCUT2D eigenvalue weighted by atomic mass is 9.47. The molecule has 6 heteroatoms. The van der Waals surface area contributed by atoms with Crippen molar-refractivity contribution in [2.45, 2.75) is 125 Å². The summed E-state index contributed by atoms with van der Waals surface area (Å²) in [6, 6.07) is 4.80. The number of ether oxygens (including phenoxy) is 2. The normalized spacial score (nSPS) is 32.4. The van der Waals surface area contributed by atoms with Crippen molar-refractivity contribution in [1.29, 1.82) is 0 Å². The molecule has 8 atom stereocenters.